The van der Waals surface area contributed by atoms with Crippen LogP contribution >= 0.6 is 0 Å². The summed E-state index contributed by atoms with van der Waals surface area (Å²) in [5.41, 5.74) is 3.44. The van der Waals surface area contributed by atoms with E-state index in [0.29, 0.717) is 18.8 Å². The van der Waals surface area contributed by atoms with Crippen molar-refractivity contribution in [2.75, 3.05) is 6.54 Å². The molecule has 4 N–H and O–H groups in total. The maximum absolute atomic E-state index is 12.6. The predicted molar refractivity (Wildman–Crippen MR) is 122 cm³/mol. The number of hydrogen-bond acceptors (Lipinski definition) is 4. The van der Waals surface area contributed by atoms with E-state index in [1.807, 2.05) is 6.07 Å². The second kappa shape index (κ2) is 10.0. The van der Waals surface area contributed by atoms with Gasteiger partial charge < -0.3 is 20.9 Å². The van der Waals surface area contributed by atoms with E-state index < -0.39 is 0 Å². The number of amides is 2. The number of nitrogens with one attached hydrogen (secondary N) is 4. The summed E-state index contributed by atoms with van der Waals surface area (Å²) >= 11 is 0. The number of H-pyrrole nitrogens is 1. The molecule has 1 aliphatic carbocycles. The lowest BCUT2D eigenvalue weighted by molar-refractivity contribution is -0.117. The van der Waals surface area contributed by atoms with Crippen LogP contribution in [-0.2, 0) is 22.7 Å². The third kappa shape index (κ3) is 5.58. The summed E-state index contributed by atoms with van der Waals surface area (Å²) < 4.78 is 0. The monoisotopic (exact) mass is 417 g/mol. The molecule has 0 atom stereocenters. The molecular formula is C24H27N5O2. The number of amidine groups is 1. The van der Waals surface area contributed by atoms with Crippen LogP contribution < -0.4 is 16.0 Å². The van der Waals surface area contributed by atoms with Crippen LogP contribution in [0.25, 0.3) is 10.9 Å². The van der Waals surface area contributed by atoms with Crippen molar-refractivity contribution in [3.8, 4) is 0 Å². The Morgan fingerprint density at radius 3 is 2.87 bits per heavy atom. The normalized spacial score (nSPS) is 21.5. The molecule has 1 aliphatic heterocycles. The molecular weight excluding hydrogens is 390 g/mol. The number of carbonyl (C=O) groups excluding carboxylic acids is 2. The zero-order valence-electron chi connectivity index (χ0n) is 17.4. The first-order valence-corrected chi connectivity index (χ1v) is 10.6. The molecule has 31 heavy (non-hydrogen) atoms. The van der Waals surface area contributed by atoms with Gasteiger partial charge >= 0.3 is 0 Å². The lowest BCUT2D eigenvalue weighted by Crippen LogP contribution is -2.26. The van der Waals surface area contributed by atoms with E-state index in [1.54, 1.807) is 30.4 Å². The topological polar surface area (TPSA) is 98.4 Å². The van der Waals surface area contributed by atoms with Gasteiger partial charge in [-0.25, -0.2) is 4.99 Å². The Bertz CT molecular complexity index is 1070. The predicted octanol–water partition coefficient (Wildman–Crippen LogP) is 2.83. The van der Waals surface area contributed by atoms with Crippen molar-refractivity contribution in [2.45, 2.75) is 32.4 Å². The molecule has 0 unspecified atom stereocenters. The van der Waals surface area contributed by atoms with Crippen molar-refractivity contribution >= 4 is 29.1 Å². The van der Waals surface area contributed by atoms with Gasteiger partial charge in [0.1, 0.15) is 11.5 Å². The molecule has 2 aliphatic rings. The minimum atomic E-state index is -0.308. The maximum Gasteiger partial charge on any atom is 0.270 e. The Morgan fingerprint density at radius 2 is 2.06 bits per heavy atom. The first-order valence-electron chi connectivity index (χ1n) is 10.6. The number of carbonyl (C=O) groups is 2. The van der Waals surface area contributed by atoms with Gasteiger partial charge in [-0.05, 0) is 60.5 Å². The Hall–Kier alpha value is -3.45. The van der Waals surface area contributed by atoms with Crippen LogP contribution in [0.2, 0.25) is 0 Å². The fraction of sp³-hybridized carbons (Fsp3) is 0.292. The van der Waals surface area contributed by atoms with E-state index in [2.05, 4.69) is 44.1 Å². The van der Waals surface area contributed by atoms with Gasteiger partial charge in [-0.1, -0.05) is 36.8 Å². The third-order valence-corrected chi connectivity index (χ3v) is 5.58. The van der Waals surface area contributed by atoms with E-state index in [1.165, 1.54) is 25.0 Å². The zero-order chi connectivity index (χ0) is 21.5. The van der Waals surface area contributed by atoms with E-state index >= 15 is 0 Å². The minimum Gasteiger partial charge on any atom is -0.357 e. The Kier molecular flexibility index (Phi) is 6.74. The highest BCUT2D eigenvalue weighted by Crippen LogP contribution is 2.25. The summed E-state index contributed by atoms with van der Waals surface area (Å²) in [5, 5.41) is 10.1. The highest BCUT2D eigenvalue weighted by atomic mass is 16.2. The van der Waals surface area contributed by atoms with Gasteiger partial charge in [-0.3, -0.25) is 9.59 Å². The molecule has 1 saturated carbocycles. The van der Waals surface area contributed by atoms with Crippen LogP contribution in [0.3, 0.4) is 0 Å². The largest absolute Gasteiger partial charge is 0.357 e. The van der Waals surface area contributed by atoms with Crippen molar-refractivity contribution in [3.05, 3.63) is 71.6 Å². The average Bonchev–Trinajstić information content (AvgIpc) is 3.12. The summed E-state index contributed by atoms with van der Waals surface area (Å²) in [6.07, 6.45) is 13.1. The quantitative estimate of drug-likeness (QED) is 0.497. The van der Waals surface area contributed by atoms with Crippen molar-refractivity contribution in [1.82, 2.24) is 20.9 Å². The fourth-order valence-corrected chi connectivity index (χ4v) is 3.65. The molecule has 160 valence electrons. The van der Waals surface area contributed by atoms with Crippen molar-refractivity contribution in [1.29, 1.82) is 0 Å². The standard InChI is InChI=1S/C24H27N5O2/c30-16-27-23-8-3-1-2-7-21(29-23)24(31)26-14-18-9-10-19-12-20(28-22(19)11-18)15-25-13-17-5-4-6-17/h1-3,7-12,16-17,25,28H,4-6,13-15H2,(H,26,31)(H,27,29,30). The van der Waals surface area contributed by atoms with Gasteiger partial charge in [0.05, 0.1) is 0 Å². The Balaban J connectivity index is 1.36. The lowest BCUT2D eigenvalue weighted by atomic mass is 9.85. The summed E-state index contributed by atoms with van der Waals surface area (Å²) in [6, 6.07) is 8.30. The van der Waals surface area contributed by atoms with Crippen LogP contribution in [0.4, 0.5) is 0 Å². The highest BCUT2D eigenvalue weighted by Gasteiger charge is 2.16. The number of nitrogens with zero attached hydrogens (tertiary/aromatic N) is 1. The molecule has 0 radical (unpaired) electrons. The molecule has 4 rings (SSSR count). The number of aliphatic imine (C=N–C) groups is 1. The van der Waals surface area contributed by atoms with Gasteiger partial charge in [-0.15, -0.1) is 0 Å². The molecule has 2 amide bonds. The summed E-state index contributed by atoms with van der Waals surface area (Å²) in [4.78, 5) is 31.0. The second-order valence-corrected chi connectivity index (χ2v) is 7.88. The highest BCUT2D eigenvalue weighted by molar-refractivity contribution is 6.04. The van der Waals surface area contributed by atoms with Crippen LogP contribution in [0.15, 0.2) is 65.3 Å². The summed E-state index contributed by atoms with van der Waals surface area (Å²) in [6.45, 7) is 2.30. The van der Waals surface area contributed by atoms with Crippen LogP contribution in [0.1, 0.15) is 30.5 Å². The number of hydrogen-bond donors (Lipinski definition) is 4. The second-order valence-electron chi connectivity index (χ2n) is 7.88. The number of benzene rings is 1. The molecule has 7 heteroatoms. The zero-order valence-corrected chi connectivity index (χ0v) is 17.4. The molecule has 2 aromatic rings. The Labute approximate surface area is 181 Å². The molecule has 0 spiro atoms. The number of aromatic amines is 1. The molecule has 1 fully saturated rings. The Morgan fingerprint density at radius 1 is 1.16 bits per heavy atom. The number of allylic oxidation sites excluding steroid dienone is 4. The van der Waals surface area contributed by atoms with E-state index in [9.17, 15) is 9.59 Å². The number of aromatic nitrogens is 1. The first kappa shape index (κ1) is 20.8. The molecule has 1 aromatic carbocycles. The fourth-order valence-electron chi connectivity index (χ4n) is 3.65. The average molecular weight is 418 g/mol. The van der Waals surface area contributed by atoms with Gasteiger partial charge in [0.15, 0.2) is 0 Å². The molecule has 0 bridgehead atoms. The van der Waals surface area contributed by atoms with Gasteiger partial charge in [0, 0.05) is 24.3 Å². The SMILES string of the molecule is O=CNC1=N\C(C(=O)NCc2ccc3cc(CNCC4CCC4)[nH]c3c2)=C\C=C/C=C\1. The van der Waals surface area contributed by atoms with E-state index in [-0.39, 0.29) is 11.6 Å². The minimum absolute atomic E-state index is 0.228. The summed E-state index contributed by atoms with van der Waals surface area (Å²) in [5.74, 6) is 0.846. The van der Waals surface area contributed by atoms with Crippen molar-refractivity contribution in [3.63, 3.8) is 0 Å². The van der Waals surface area contributed by atoms with E-state index in [0.717, 1.165) is 35.5 Å². The first-order chi connectivity index (χ1) is 15.2. The van der Waals surface area contributed by atoms with Gasteiger partial charge in [0.2, 0.25) is 6.41 Å². The number of rotatable bonds is 8. The van der Waals surface area contributed by atoms with E-state index in [4.69, 9.17) is 0 Å². The van der Waals surface area contributed by atoms with Crippen molar-refractivity contribution in [2.24, 2.45) is 10.9 Å². The molecule has 7 nitrogen and oxygen atoms in total. The van der Waals surface area contributed by atoms with Crippen LogP contribution in [-0.4, -0.2) is 29.7 Å². The van der Waals surface area contributed by atoms with Crippen LogP contribution in [0.5, 0.6) is 0 Å². The maximum atomic E-state index is 12.6. The molecule has 2 heterocycles. The van der Waals surface area contributed by atoms with Crippen LogP contribution in [0, 0.1) is 5.92 Å². The molecule has 0 saturated heterocycles. The smallest absolute Gasteiger partial charge is 0.270 e. The lowest BCUT2D eigenvalue weighted by Gasteiger charge is -2.25. The van der Waals surface area contributed by atoms with Gasteiger partial charge in [-0.2, -0.15) is 0 Å². The van der Waals surface area contributed by atoms with Gasteiger partial charge in [0.25, 0.3) is 5.91 Å². The molecule has 1 aromatic heterocycles. The van der Waals surface area contributed by atoms with Crippen molar-refractivity contribution < 1.29 is 9.59 Å². The summed E-state index contributed by atoms with van der Waals surface area (Å²) in [7, 11) is 0. The number of fused-ring (bicyclic) bond motifs is 1. The third-order valence-electron chi connectivity index (χ3n) is 5.58.